The standard InChI is InChI=1S/C29H31ClFN5O4/c1-29(2)16-39-27(38)15-36(29)11-5-8-26(37)35-24-13-20-23(14-25(24)40-19-6-3-4-7-19)32-17-33-28(20)34-18-9-10-22(31)21(30)12-18/h5,8-10,12-14,17,19H,3-4,6-7,11,15-16H2,1-2H3,(H,35,37)(H,32,33,34). The summed E-state index contributed by atoms with van der Waals surface area (Å²) in [6.45, 7) is 4.86. The minimum Gasteiger partial charge on any atom is -0.488 e. The third-order valence-electron chi connectivity index (χ3n) is 7.13. The average molecular weight is 568 g/mol. The number of anilines is 3. The predicted octanol–water partition coefficient (Wildman–Crippen LogP) is 5.62. The van der Waals surface area contributed by atoms with Gasteiger partial charge in [-0.1, -0.05) is 17.7 Å². The lowest BCUT2D eigenvalue weighted by molar-refractivity contribution is -0.159. The van der Waals surface area contributed by atoms with Crippen LogP contribution in [-0.4, -0.2) is 58.1 Å². The van der Waals surface area contributed by atoms with Crippen LogP contribution in [0.1, 0.15) is 39.5 Å². The van der Waals surface area contributed by atoms with Crippen LogP contribution in [0.4, 0.5) is 21.6 Å². The fourth-order valence-electron chi connectivity index (χ4n) is 4.81. The van der Waals surface area contributed by atoms with Crippen LogP contribution in [0.2, 0.25) is 5.02 Å². The second-order valence-corrected chi connectivity index (χ2v) is 11.0. The number of carbonyl (C=O) groups is 2. The molecule has 210 valence electrons. The van der Waals surface area contributed by atoms with Gasteiger partial charge in [-0.25, -0.2) is 14.4 Å². The molecule has 1 aliphatic heterocycles. The topological polar surface area (TPSA) is 106 Å². The van der Waals surface area contributed by atoms with Crippen LogP contribution in [-0.2, 0) is 14.3 Å². The number of benzene rings is 2. The number of hydrogen-bond donors (Lipinski definition) is 2. The molecule has 1 amide bonds. The molecule has 1 saturated carbocycles. The molecule has 40 heavy (non-hydrogen) atoms. The van der Waals surface area contributed by atoms with E-state index in [0.29, 0.717) is 47.0 Å². The van der Waals surface area contributed by atoms with Gasteiger partial charge in [0.15, 0.2) is 0 Å². The molecule has 2 fully saturated rings. The van der Waals surface area contributed by atoms with E-state index in [9.17, 15) is 14.0 Å². The molecule has 0 unspecified atom stereocenters. The number of rotatable bonds is 8. The van der Waals surface area contributed by atoms with Crippen molar-refractivity contribution in [2.24, 2.45) is 0 Å². The molecule has 2 heterocycles. The molecule has 1 aromatic heterocycles. The van der Waals surface area contributed by atoms with Gasteiger partial charge in [0.1, 0.15) is 30.3 Å². The average Bonchev–Trinajstić information content (AvgIpc) is 3.42. The van der Waals surface area contributed by atoms with Crippen LogP contribution in [0.3, 0.4) is 0 Å². The summed E-state index contributed by atoms with van der Waals surface area (Å²) < 4.78 is 25.1. The van der Waals surface area contributed by atoms with Gasteiger partial charge in [-0.2, -0.15) is 0 Å². The third kappa shape index (κ3) is 6.51. The first-order valence-corrected chi connectivity index (χ1v) is 13.6. The molecular weight excluding hydrogens is 537 g/mol. The highest BCUT2D eigenvalue weighted by Gasteiger charge is 2.34. The molecule has 2 aromatic carbocycles. The molecule has 9 nitrogen and oxygen atoms in total. The Morgan fingerprint density at radius 2 is 2.05 bits per heavy atom. The van der Waals surface area contributed by atoms with Crippen molar-refractivity contribution in [1.82, 2.24) is 14.9 Å². The maximum absolute atomic E-state index is 13.7. The zero-order valence-electron chi connectivity index (χ0n) is 22.4. The summed E-state index contributed by atoms with van der Waals surface area (Å²) in [5.41, 5.74) is 1.32. The maximum atomic E-state index is 13.7. The lowest BCUT2D eigenvalue weighted by Gasteiger charge is -2.40. The largest absolute Gasteiger partial charge is 0.488 e. The molecule has 5 rings (SSSR count). The number of hydrogen-bond acceptors (Lipinski definition) is 8. The second-order valence-electron chi connectivity index (χ2n) is 10.6. The van der Waals surface area contributed by atoms with E-state index in [0.717, 1.165) is 25.7 Å². The Hall–Kier alpha value is -3.76. The minimum atomic E-state index is -0.518. The van der Waals surface area contributed by atoms with E-state index in [1.807, 2.05) is 18.7 Å². The van der Waals surface area contributed by atoms with Gasteiger partial charge in [0.25, 0.3) is 0 Å². The number of esters is 1. The van der Waals surface area contributed by atoms with Gasteiger partial charge < -0.3 is 20.1 Å². The van der Waals surface area contributed by atoms with Crippen LogP contribution in [0, 0.1) is 5.82 Å². The van der Waals surface area contributed by atoms with Crippen molar-refractivity contribution in [3.05, 3.63) is 59.7 Å². The second kappa shape index (κ2) is 11.8. The van der Waals surface area contributed by atoms with Crippen molar-refractivity contribution in [2.45, 2.75) is 51.2 Å². The zero-order valence-corrected chi connectivity index (χ0v) is 23.1. The van der Waals surface area contributed by atoms with Crippen LogP contribution in [0.15, 0.2) is 48.8 Å². The van der Waals surface area contributed by atoms with E-state index in [2.05, 4.69) is 20.6 Å². The van der Waals surface area contributed by atoms with Crippen molar-refractivity contribution < 1.29 is 23.5 Å². The highest BCUT2D eigenvalue weighted by molar-refractivity contribution is 6.31. The van der Waals surface area contributed by atoms with Crippen molar-refractivity contribution >= 4 is 51.6 Å². The summed E-state index contributed by atoms with van der Waals surface area (Å²) in [5.74, 6) is -0.155. The Bertz CT molecular complexity index is 1460. The SMILES string of the molecule is CC1(C)COC(=O)CN1CC=CC(=O)Nc1cc2c(Nc3ccc(F)c(Cl)c3)ncnc2cc1OC1CCCC1. The lowest BCUT2D eigenvalue weighted by Crippen LogP contribution is -2.54. The number of halogens is 2. The van der Waals surface area contributed by atoms with Gasteiger partial charge >= 0.3 is 5.97 Å². The number of nitrogens with one attached hydrogen (secondary N) is 2. The van der Waals surface area contributed by atoms with E-state index in [-0.39, 0.29) is 35.1 Å². The molecule has 1 saturated heterocycles. The molecule has 0 radical (unpaired) electrons. The molecule has 0 atom stereocenters. The Kier molecular flexibility index (Phi) is 8.18. The number of carbonyl (C=O) groups excluding carboxylic acids is 2. The van der Waals surface area contributed by atoms with Gasteiger partial charge in [-0.05, 0) is 63.8 Å². The smallest absolute Gasteiger partial charge is 0.320 e. The van der Waals surface area contributed by atoms with Gasteiger partial charge in [-0.15, -0.1) is 0 Å². The van der Waals surface area contributed by atoms with Crippen molar-refractivity contribution in [3.63, 3.8) is 0 Å². The molecule has 11 heteroatoms. The number of cyclic esters (lactones) is 1. The van der Waals surface area contributed by atoms with Gasteiger partial charge in [0, 0.05) is 29.8 Å². The molecule has 2 aliphatic rings. The van der Waals surface area contributed by atoms with E-state index in [4.69, 9.17) is 21.1 Å². The zero-order chi connectivity index (χ0) is 28.3. The summed E-state index contributed by atoms with van der Waals surface area (Å²) in [6, 6.07) is 7.86. The molecule has 0 spiro atoms. The van der Waals surface area contributed by atoms with Crippen molar-refractivity contribution in [1.29, 1.82) is 0 Å². The molecule has 3 aromatic rings. The summed E-state index contributed by atoms with van der Waals surface area (Å²) in [5, 5.41) is 6.71. The summed E-state index contributed by atoms with van der Waals surface area (Å²) in [4.78, 5) is 35.5. The first-order valence-electron chi connectivity index (χ1n) is 13.2. The number of morpholine rings is 1. The number of fused-ring (bicyclic) bond motifs is 1. The van der Waals surface area contributed by atoms with Crippen LogP contribution in [0.5, 0.6) is 5.75 Å². The quantitative estimate of drug-likeness (QED) is 0.267. The third-order valence-corrected chi connectivity index (χ3v) is 7.42. The van der Waals surface area contributed by atoms with Gasteiger partial charge in [0.05, 0.1) is 34.4 Å². The monoisotopic (exact) mass is 567 g/mol. The van der Waals surface area contributed by atoms with E-state index < -0.39 is 5.82 Å². The number of amides is 1. The lowest BCUT2D eigenvalue weighted by atomic mass is 10.0. The molecule has 0 bridgehead atoms. The fraction of sp³-hybridized carbons (Fsp3) is 0.379. The van der Waals surface area contributed by atoms with Crippen molar-refractivity contribution in [3.8, 4) is 5.75 Å². The predicted molar refractivity (Wildman–Crippen MR) is 151 cm³/mol. The van der Waals surface area contributed by atoms with Crippen LogP contribution in [0.25, 0.3) is 10.9 Å². The summed E-state index contributed by atoms with van der Waals surface area (Å²) in [6.07, 6.45) is 8.74. The van der Waals surface area contributed by atoms with Crippen LogP contribution >= 0.6 is 11.6 Å². The van der Waals surface area contributed by atoms with E-state index >= 15 is 0 Å². The Morgan fingerprint density at radius 3 is 2.83 bits per heavy atom. The maximum Gasteiger partial charge on any atom is 0.320 e. The Labute approximate surface area is 236 Å². The summed E-state index contributed by atoms with van der Waals surface area (Å²) >= 11 is 5.95. The summed E-state index contributed by atoms with van der Waals surface area (Å²) in [7, 11) is 0. The molecule has 1 aliphatic carbocycles. The first-order chi connectivity index (χ1) is 19.2. The highest BCUT2D eigenvalue weighted by atomic mass is 35.5. The normalized spacial score (nSPS) is 17.8. The highest BCUT2D eigenvalue weighted by Crippen LogP contribution is 2.36. The number of ether oxygens (including phenoxy) is 2. The number of nitrogens with zero attached hydrogens (tertiary/aromatic N) is 3. The van der Waals surface area contributed by atoms with Gasteiger partial charge in [-0.3, -0.25) is 14.5 Å². The number of aromatic nitrogens is 2. The fourth-order valence-corrected chi connectivity index (χ4v) is 4.99. The van der Waals surface area contributed by atoms with Crippen molar-refractivity contribution in [2.75, 3.05) is 30.3 Å². The Balaban J connectivity index is 1.40. The van der Waals surface area contributed by atoms with E-state index in [1.165, 1.54) is 24.5 Å². The van der Waals surface area contributed by atoms with Gasteiger partial charge in [0.2, 0.25) is 5.91 Å². The minimum absolute atomic E-state index is 0.0137. The molecule has 2 N–H and O–H groups in total. The first kappa shape index (κ1) is 27.8. The van der Waals surface area contributed by atoms with Crippen LogP contribution < -0.4 is 15.4 Å². The molecular formula is C29H31ClFN5O4. The van der Waals surface area contributed by atoms with E-state index in [1.54, 1.807) is 24.3 Å². The Morgan fingerprint density at radius 1 is 1.25 bits per heavy atom.